The molecule has 1 aromatic rings. The number of hydrogen-bond acceptors (Lipinski definition) is 3. The van der Waals surface area contributed by atoms with Crippen LogP contribution in [0, 0.1) is 0 Å². The fraction of sp³-hybridized carbons (Fsp3) is 0.125. The maximum absolute atomic E-state index is 10.1. The van der Waals surface area contributed by atoms with Crippen LogP contribution in [0.15, 0.2) is 22.7 Å². The third kappa shape index (κ3) is 3.33. The Hall–Kier alpha value is -1.23. The molecular formula is C8H7BrO4. The Morgan fingerprint density at radius 1 is 1.46 bits per heavy atom. The van der Waals surface area contributed by atoms with E-state index < -0.39 is 12.6 Å². The predicted octanol–water partition coefficient (Wildman–Crippen LogP) is 1.62. The van der Waals surface area contributed by atoms with Gasteiger partial charge in [0, 0.05) is 10.5 Å². The lowest BCUT2D eigenvalue weighted by Gasteiger charge is -2.03. The Labute approximate surface area is 82.9 Å². The van der Waals surface area contributed by atoms with Gasteiger partial charge in [0.05, 0.1) is 0 Å². The summed E-state index contributed by atoms with van der Waals surface area (Å²) in [4.78, 5) is 10.1. The highest BCUT2D eigenvalue weighted by Gasteiger charge is 2.01. The minimum Gasteiger partial charge on any atom is -0.508 e. The van der Waals surface area contributed by atoms with Crippen molar-refractivity contribution in [2.24, 2.45) is 0 Å². The molecule has 4 nitrogen and oxygen atoms in total. The molecule has 70 valence electrons. The Kier molecular flexibility index (Phi) is 3.13. The molecule has 0 saturated heterocycles. The van der Waals surface area contributed by atoms with Crippen molar-refractivity contribution >= 4 is 21.9 Å². The molecule has 0 aliphatic heterocycles. The fourth-order valence-electron chi connectivity index (χ4n) is 0.776. The SMILES string of the molecule is O=C(O)COc1cc(O)cc(Br)c1. The molecule has 0 amide bonds. The molecule has 5 heteroatoms. The van der Waals surface area contributed by atoms with Crippen molar-refractivity contribution in [3.8, 4) is 11.5 Å². The van der Waals surface area contributed by atoms with Crippen molar-refractivity contribution in [3.05, 3.63) is 22.7 Å². The topological polar surface area (TPSA) is 66.8 Å². The molecule has 2 N–H and O–H groups in total. The van der Waals surface area contributed by atoms with Gasteiger partial charge in [-0.05, 0) is 12.1 Å². The van der Waals surface area contributed by atoms with Crippen molar-refractivity contribution < 1.29 is 19.7 Å². The first kappa shape index (κ1) is 9.85. The van der Waals surface area contributed by atoms with Crippen LogP contribution >= 0.6 is 15.9 Å². The van der Waals surface area contributed by atoms with E-state index in [1.54, 1.807) is 6.07 Å². The van der Waals surface area contributed by atoms with Crippen molar-refractivity contribution in [1.82, 2.24) is 0 Å². The average molecular weight is 247 g/mol. The van der Waals surface area contributed by atoms with Gasteiger partial charge >= 0.3 is 5.97 Å². The van der Waals surface area contributed by atoms with Crippen LogP contribution in [0.4, 0.5) is 0 Å². The minimum absolute atomic E-state index is 0.0229. The van der Waals surface area contributed by atoms with Gasteiger partial charge in [0.1, 0.15) is 11.5 Å². The van der Waals surface area contributed by atoms with E-state index in [1.807, 2.05) is 0 Å². The molecule has 0 radical (unpaired) electrons. The Balaban J connectivity index is 2.71. The number of ether oxygens (including phenoxy) is 1. The monoisotopic (exact) mass is 246 g/mol. The van der Waals surface area contributed by atoms with Crippen molar-refractivity contribution in [2.75, 3.05) is 6.61 Å². The van der Waals surface area contributed by atoms with Gasteiger partial charge in [0.15, 0.2) is 6.61 Å². The third-order valence-electron chi connectivity index (χ3n) is 1.22. The van der Waals surface area contributed by atoms with E-state index >= 15 is 0 Å². The van der Waals surface area contributed by atoms with Crippen LogP contribution in [-0.2, 0) is 4.79 Å². The number of phenolic OH excluding ortho intramolecular Hbond substituents is 1. The second kappa shape index (κ2) is 4.13. The van der Waals surface area contributed by atoms with E-state index in [0.29, 0.717) is 10.2 Å². The van der Waals surface area contributed by atoms with E-state index in [2.05, 4.69) is 15.9 Å². The smallest absolute Gasteiger partial charge is 0.341 e. The summed E-state index contributed by atoms with van der Waals surface area (Å²) in [6, 6.07) is 4.39. The van der Waals surface area contributed by atoms with Crippen LogP contribution in [0.5, 0.6) is 11.5 Å². The lowest BCUT2D eigenvalue weighted by Crippen LogP contribution is -2.09. The van der Waals surface area contributed by atoms with Gasteiger partial charge in [-0.1, -0.05) is 15.9 Å². The highest BCUT2D eigenvalue weighted by atomic mass is 79.9. The lowest BCUT2D eigenvalue weighted by molar-refractivity contribution is -0.139. The molecule has 0 heterocycles. The highest BCUT2D eigenvalue weighted by Crippen LogP contribution is 2.25. The summed E-state index contributed by atoms with van der Waals surface area (Å²) in [5, 5.41) is 17.4. The van der Waals surface area contributed by atoms with E-state index in [-0.39, 0.29) is 5.75 Å². The molecule has 0 aromatic heterocycles. The van der Waals surface area contributed by atoms with E-state index in [1.165, 1.54) is 12.1 Å². The maximum Gasteiger partial charge on any atom is 0.341 e. The van der Waals surface area contributed by atoms with Crippen LogP contribution in [0.1, 0.15) is 0 Å². The summed E-state index contributed by atoms with van der Waals surface area (Å²) < 4.78 is 5.47. The second-order valence-electron chi connectivity index (χ2n) is 2.33. The molecule has 0 bridgehead atoms. The number of rotatable bonds is 3. The third-order valence-corrected chi connectivity index (χ3v) is 1.68. The zero-order valence-corrected chi connectivity index (χ0v) is 8.11. The standard InChI is InChI=1S/C8H7BrO4/c9-5-1-6(10)3-7(2-5)13-4-8(11)12/h1-3,10H,4H2,(H,11,12). The van der Waals surface area contributed by atoms with Crippen LogP contribution < -0.4 is 4.74 Å². The average Bonchev–Trinajstić information content (AvgIpc) is 1.99. The number of carbonyl (C=O) groups is 1. The lowest BCUT2D eigenvalue weighted by atomic mass is 10.3. The molecule has 0 saturated carbocycles. The van der Waals surface area contributed by atoms with Crippen LogP contribution in [0.2, 0.25) is 0 Å². The first-order chi connectivity index (χ1) is 6.08. The van der Waals surface area contributed by atoms with Gasteiger partial charge in [-0.25, -0.2) is 4.79 Å². The zero-order chi connectivity index (χ0) is 9.84. The first-order valence-electron chi connectivity index (χ1n) is 3.42. The molecule has 1 aromatic carbocycles. The van der Waals surface area contributed by atoms with Crippen LogP contribution in [-0.4, -0.2) is 22.8 Å². The van der Waals surface area contributed by atoms with Gasteiger partial charge in [-0.3, -0.25) is 0 Å². The number of carboxylic acids is 1. The van der Waals surface area contributed by atoms with Gasteiger partial charge in [0.25, 0.3) is 0 Å². The zero-order valence-electron chi connectivity index (χ0n) is 6.53. The molecule has 1 rings (SSSR count). The number of halogens is 1. The summed E-state index contributed by atoms with van der Waals surface area (Å²) in [5.41, 5.74) is 0. The van der Waals surface area contributed by atoms with E-state index in [0.717, 1.165) is 0 Å². The summed E-state index contributed by atoms with van der Waals surface area (Å²) in [7, 11) is 0. The number of benzene rings is 1. The normalized spacial score (nSPS) is 9.62. The molecule has 0 aliphatic rings. The summed E-state index contributed by atoms with van der Waals surface area (Å²) in [5.74, 6) is -0.719. The predicted molar refractivity (Wildman–Crippen MR) is 48.9 cm³/mol. The highest BCUT2D eigenvalue weighted by molar-refractivity contribution is 9.10. The first-order valence-corrected chi connectivity index (χ1v) is 4.21. The van der Waals surface area contributed by atoms with Crippen molar-refractivity contribution in [1.29, 1.82) is 0 Å². The quantitative estimate of drug-likeness (QED) is 0.851. The minimum atomic E-state index is -1.06. The summed E-state index contributed by atoms with van der Waals surface area (Å²) in [6.07, 6.45) is 0. The van der Waals surface area contributed by atoms with E-state index in [9.17, 15) is 4.79 Å². The summed E-state index contributed by atoms with van der Waals surface area (Å²) in [6.45, 7) is -0.421. The van der Waals surface area contributed by atoms with Gasteiger partial charge in [-0.2, -0.15) is 0 Å². The second-order valence-corrected chi connectivity index (χ2v) is 3.24. The Morgan fingerprint density at radius 2 is 2.15 bits per heavy atom. The van der Waals surface area contributed by atoms with Crippen molar-refractivity contribution in [2.45, 2.75) is 0 Å². The molecule has 0 atom stereocenters. The number of aliphatic carboxylic acids is 1. The molecular weight excluding hydrogens is 240 g/mol. The largest absolute Gasteiger partial charge is 0.508 e. The molecule has 13 heavy (non-hydrogen) atoms. The van der Waals surface area contributed by atoms with Crippen LogP contribution in [0.25, 0.3) is 0 Å². The molecule has 0 fully saturated rings. The van der Waals surface area contributed by atoms with E-state index in [4.69, 9.17) is 14.9 Å². The van der Waals surface area contributed by atoms with Crippen molar-refractivity contribution in [3.63, 3.8) is 0 Å². The number of phenols is 1. The Morgan fingerprint density at radius 3 is 2.69 bits per heavy atom. The van der Waals surface area contributed by atoms with Gasteiger partial charge < -0.3 is 14.9 Å². The van der Waals surface area contributed by atoms with Crippen LogP contribution in [0.3, 0.4) is 0 Å². The summed E-state index contributed by atoms with van der Waals surface area (Å²) >= 11 is 3.13. The van der Waals surface area contributed by atoms with Gasteiger partial charge in [0.2, 0.25) is 0 Å². The molecule has 0 spiro atoms. The molecule has 0 aliphatic carbocycles. The maximum atomic E-state index is 10.1. The fourth-order valence-corrected chi connectivity index (χ4v) is 1.24. The number of aromatic hydroxyl groups is 1. The van der Waals surface area contributed by atoms with Gasteiger partial charge in [-0.15, -0.1) is 0 Å². The number of carboxylic acid groups (broad SMARTS) is 1. The molecule has 0 unspecified atom stereocenters. The Bertz CT molecular complexity index is 304. The number of hydrogen-bond donors (Lipinski definition) is 2.